The van der Waals surface area contributed by atoms with E-state index in [-0.39, 0.29) is 28.9 Å². The molecule has 0 heterocycles. The minimum absolute atomic E-state index is 0.0563. The number of methoxy groups -OCH3 is 1. The van der Waals surface area contributed by atoms with Crippen molar-refractivity contribution in [3.63, 3.8) is 0 Å². The van der Waals surface area contributed by atoms with E-state index in [1.807, 2.05) is 0 Å². The molecule has 0 bridgehead atoms. The number of carbonyl (C=O) groups is 2. The molecule has 5 nitrogen and oxygen atoms in total. The van der Waals surface area contributed by atoms with Crippen LogP contribution < -0.4 is 10.6 Å². The second kappa shape index (κ2) is 8.65. The van der Waals surface area contributed by atoms with Crippen molar-refractivity contribution in [1.29, 1.82) is 0 Å². The van der Waals surface area contributed by atoms with Gasteiger partial charge < -0.3 is 15.4 Å². The molecule has 0 fully saturated rings. The van der Waals surface area contributed by atoms with E-state index < -0.39 is 11.7 Å². The van der Waals surface area contributed by atoms with Gasteiger partial charge in [0.1, 0.15) is 5.82 Å². The molecule has 0 radical (unpaired) electrons. The first kappa shape index (κ1) is 16.6. The molecule has 7 heteroatoms. The number of nitrogens with one attached hydrogen (secondary N) is 2. The van der Waals surface area contributed by atoms with Crippen molar-refractivity contribution >= 4 is 27.7 Å². The van der Waals surface area contributed by atoms with Gasteiger partial charge in [0.25, 0.3) is 5.91 Å². The van der Waals surface area contributed by atoms with Gasteiger partial charge in [0.2, 0.25) is 5.91 Å². The lowest BCUT2D eigenvalue weighted by Gasteiger charge is -2.07. The average molecular weight is 347 g/mol. The van der Waals surface area contributed by atoms with E-state index >= 15 is 0 Å². The molecule has 0 aliphatic heterocycles. The van der Waals surface area contributed by atoms with Crippen molar-refractivity contribution in [3.05, 3.63) is 34.1 Å². The van der Waals surface area contributed by atoms with Gasteiger partial charge in [-0.2, -0.15) is 0 Å². The fraction of sp³-hybridized carbons (Fsp3) is 0.385. The lowest BCUT2D eigenvalue weighted by Crippen LogP contribution is -2.32. The van der Waals surface area contributed by atoms with Crippen LogP contribution in [0.15, 0.2) is 22.7 Å². The molecular formula is C13H16BrFN2O3. The van der Waals surface area contributed by atoms with E-state index in [0.717, 1.165) is 0 Å². The van der Waals surface area contributed by atoms with Crippen LogP contribution in [0, 0.1) is 5.82 Å². The molecule has 0 saturated heterocycles. The van der Waals surface area contributed by atoms with Gasteiger partial charge in [0, 0.05) is 26.6 Å². The monoisotopic (exact) mass is 346 g/mol. The standard InChI is InChI=1S/C13H16BrFN2O3/c1-20-8-7-16-11(18)5-6-17-13(19)9-3-2-4-10(14)12(9)15/h2-4H,5-8H2,1H3,(H,16,18)(H,17,19). The van der Waals surface area contributed by atoms with Crippen LogP contribution in [-0.4, -0.2) is 38.6 Å². The van der Waals surface area contributed by atoms with E-state index in [1.165, 1.54) is 12.1 Å². The Balaban J connectivity index is 2.37. The average Bonchev–Trinajstić information content (AvgIpc) is 2.42. The summed E-state index contributed by atoms with van der Waals surface area (Å²) < 4.78 is 18.7. The summed E-state index contributed by atoms with van der Waals surface area (Å²) in [5, 5.41) is 5.12. The maximum Gasteiger partial charge on any atom is 0.254 e. The molecule has 1 aromatic rings. The first-order chi connectivity index (χ1) is 9.56. The number of carbonyl (C=O) groups excluding carboxylic acids is 2. The number of benzene rings is 1. The zero-order valence-electron chi connectivity index (χ0n) is 11.0. The van der Waals surface area contributed by atoms with Crippen molar-refractivity contribution in [1.82, 2.24) is 10.6 Å². The Morgan fingerprint density at radius 3 is 2.75 bits per heavy atom. The minimum atomic E-state index is -0.616. The molecular weight excluding hydrogens is 331 g/mol. The Morgan fingerprint density at radius 2 is 2.05 bits per heavy atom. The minimum Gasteiger partial charge on any atom is -0.383 e. The normalized spacial score (nSPS) is 10.2. The van der Waals surface area contributed by atoms with Crippen molar-refractivity contribution in [2.75, 3.05) is 26.8 Å². The summed E-state index contributed by atoms with van der Waals surface area (Å²) in [6.07, 6.45) is 0.130. The van der Waals surface area contributed by atoms with E-state index in [4.69, 9.17) is 4.74 Å². The van der Waals surface area contributed by atoms with E-state index in [9.17, 15) is 14.0 Å². The highest BCUT2D eigenvalue weighted by Gasteiger charge is 2.13. The smallest absolute Gasteiger partial charge is 0.254 e. The Hall–Kier alpha value is -1.47. The number of rotatable bonds is 7. The lowest BCUT2D eigenvalue weighted by atomic mass is 10.2. The SMILES string of the molecule is COCCNC(=O)CCNC(=O)c1cccc(Br)c1F. The summed E-state index contributed by atoms with van der Waals surface area (Å²) in [4.78, 5) is 23.1. The summed E-state index contributed by atoms with van der Waals surface area (Å²) in [5.74, 6) is -1.36. The third kappa shape index (κ3) is 5.26. The first-order valence-corrected chi connectivity index (χ1v) is 6.83. The molecule has 0 aliphatic carbocycles. The van der Waals surface area contributed by atoms with E-state index in [1.54, 1.807) is 13.2 Å². The molecule has 0 atom stereocenters. The molecule has 0 saturated carbocycles. The van der Waals surface area contributed by atoms with Crippen LogP contribution in [-0.2, 0) is 9.53 Å². The lowest BCUT2D eigenvalue weighted by molar-refractivity contribution is -0.121. The van der Waals surface area contributed by atoms with Crippen molar-refractivity contribution in [2.24, 2.45) is 0 Å². The number of ether oxygens (including phenoxy) is 1. The van der Waals surface area contributed by atoms with Gasteiger partial charge in [0.15, 0.2) is 0 Å². The Morgan fingerprint density at radius 1 is 1.30 bits per heavy atom. The molecule has 0 aromatic heterocycles. The number of hydrogen-bond donors (Lipinski definition) is 2. The quantitative estimate of drug-likeness (QED) is 0.734. The summed E-state index contributed by atoms with van der Waals surface area (Å²) in [6, 6.07) is 4.46. The van der Waals surface area contributed by atoms with E-state index in [0.29, 0.717) is 13.2 Å². The van der Waals surface area contributed by atoms with Gasteiger partial charge >= 0.3 is 0 Å². The highest BCUT2D eigenvalue weighted by atomic mass is 79.9. The Kier molecular flexibility index (Phi) is 7.17. The maximum absolute atomic E-state index is 13.6. The molecule has 0 aliphatic rings. The molecule has 110 valence electrons. The van der Waals surface area contributed by atoms with Gasteiger partial charge in [0.05, 0.1) is 16.6 Å². The molecule has 0 spiro atoms. The Labute approximate surface area is 125 Å². The molecule has 1 aromatic carbocycles. The number of hydrogen-bond acceptors (Lipinski definition) is 3. The zero-order valence-corrected chi connectivity index (χ0v) is 12.6. The predicted molar refractivity (Wildman–Crippen MR) is 75.9 cm³/mol. The van der Waals surface area contributed by atoms with Gasteiger partial charge in [-0.25, -0.2) is 4.39 Å². The topological polar surface area (TPSA) is 67.4 Å². The largest absolute Gasteiger partial charge is 0.383 e. The van der Waals surface area contributed by atoms with Crippen LogP contribution in [0.3, 0.4) is 0 Å². The zero-order chi connectivity index (χ0) is 15.0. The highest BCUT2D eigenvalue weighted by Crippen LogP contribution is 2.18. The van der Waals surface area contributed by atoms with Crippen LogP contribution in [0.1, 0.15) is 16.8 Å². The molecule has 2 amide bonds. The second-order valence-corrected chi connectivity index (χ2v) is 4.80. The van der Waals surface area contributed by atoms with Crippen molar-refractivity contribution in [2.45, 2.75) is 6.42 Å². The molecule has 2 N–H and O–H groups in total. The third-order valence-corrected chi connectivity index (χ3v) is 3.07. The van der Waals surface area contributed by atoms with Crippen molar-refractivity contribution < 1.29 is 18.7 Å². The summed E-state index contributed by atoms with van der Waals surface area (Å²) in [5.41, 5.74) is -0.0563. The van der Waals surface area contributed by atoms with E-state index in [2.05, 4.69) is 26.6 Å². The van der Waals surface area contributed by atoms with Crippen LogP contribution >= 0.6 is 15.9 Å². The van der Waals surface area contributed by atoms with Crippen LogP contribution in [0.4, 0.5) is 4.39 Å². The molecule has 0 unspecified atom stereocenters. The maximum atomic E-state index is 13.6. The molecule has 1 rings (SSSR count). The van der Waals surface area contributed by atoms with Gasteiger partial charge in [-0.1, -0.05) is 6.07 Å². The Bertz CT molecular complexity index is 483. The van der Waals surface area contributed by atoms with Gasteiger partial charge in [-0.05, 0) is 28.1 Å². The molecule has 20 heavy (non-hydrogen) atoms. The van der Waals surface area contributed by atoms with Crippen LogP contribution in [0.2, 0.25) is 0 Å². The third-order valence-electron chi connectivity index (χ3n) is 2.46. The number of halogens is 2. The highest BCUT2D eigenvalue weighted by molar-refractivity contribution is 9.10. The predicted octanol–water partition coefficient (Wildman–Crippen LogP) is 1.47. The second-order valence-electron chi connectivity index (χ2n) is 3.95. The van der Waals surface area contributed by atoms with Crippen LogP contribution in [0.5, 0.6) is 0 Å². The van der Waals surface area contributed by atoms with Crippen LogP contribution in [0.25, 0.3) is 0 Å². The van der Waals surface area contributed by atoms with Crippen molar-refractivity contribution in [3.8, 4) is 0 Å². The number of amides is 2. The fourth-order valence-corrected chi connectivity index (χ4v) is 1.81. The van der Waals surface area contributed by atoms with Gasteiger partial charge in [-0.3, -0.25) is 9.59 Å². The summed E-state index contributed by atoms with van der Waals surface area (Å²) in [6.45, 7) is 0.995. The summed E-state index contributed by atoms with van der Waals surface area (Å²) >= 11 is 3.01. The fourth-order valence-electron chi connectivity index (χ4n) is 1.44. The van der Waals surface area contributed by atoms with Gasteiger partial charge in [-0.15, -0.1) is 0 Å². The summed E-state index contributed by atoms with van der Waals surface area (Å²) in [7, 11) is 1.54. The first-order valence-electron chi connectivity index (χ1n) is 6.04.